The monoisotopic (exact) mass is 230 g/mol. The summed E-state index contributed by atoms with van der Waals surface area (Å²) in [4.78, 5) is 12.5. The molecule has 0 N–H and O–H groups in total. The topological polar surface area (TPSA) is 17.1 Å². The molecular formula is C16H22O. The molecule has 0 fully saturated rings. The number of hydrogen-bond donors (Lipinski definition) is 0. The normalized spacial score (nSPS) is 11.2. The zero-order valence-corrected chi connectivity index (χ0v) is 11.1. The average molecular weight is 230 g/mol. The van der Waals surface area contributed by atoms with Gasteiger partial charge in [0.15, 0.2) is 0 Å². The highest BCUT2D eigenvalue weighted by atomic mass is 16.1. The van der Waals surface area contributed by atoms with Crippen LogP contribution in [-0.2, 0) is 10.2 Å². The predicted molar refractivity (Wildman–Crippen MR) is 73.1 cm³/mol. The van der Waals surface area contributed by atoms with Gasteiger partial charge in [0.05, 0.1) is 5.41 Å². The lowest BCUT2D eigenvalue weighted by atomic mass is 9.71. The lowest BCUT2D eigenvalue weighted by Gasteiger charge is -2.31. The first-order chi connectivity index (χ1) is 8.06. The molecule has 1 nitrogen and oxygen atoms in total. The third kappa shape index (κ3) is 2.85. The maximum atomic E-state index is 12.5. The van der Waals surface area contributed by atoms with E-state index < -0.39 is 0 Å². The van der Waals surface area contributed by atoms with Gasteiger partial charge in [-0.1, -0.05) is 56.3 Å². The van der Waals surface area contributed by atoms with Gasteiger partial charge in [0, 0.05) is 6.42 Å². The standard InChI is InChI=1S/C16H22O/c1-5-16(6-2,15(17)12-13(3)4)14-10-8-7-9-11-14/h7-11H,3,5-6,12H2,1-2,4H3. The number of rotatable bonds is 6. The van der Waals surface area contributed by atoms with Crippen LogP contribution in [0.1, 0.15) is 45.6 Å². The number of benzene rings is 1. The number of carbonyl (C=O) groups excluding carboxylic acids is 1. The van der Waals surface area contributed by atoms with Crippen molar-refractivity contribution in [1.29, 1.82) is 0 Å². The Morgan fingerprint density at radius 1 is 1.18 bits per heavy atom. The highest BCUT2D eigenvalue weighted by Crippen LogP contribution is 2.34. The van der Waals surface area contributed by atoms with Crippen molar-refractivity contribution in [3.8, 4) is 0 Å². The first-order valence-corrected chi connectivity index (χ1v) is 6.30. The molecule has 0 saturated carbocycles. The maximum Gasteiger partial charge on any atom is 0.147 e. The molecule has 0 radical (unpaired) electrons. The fourth-order valence-electron chi connectivity index (χ4n) is 2.41. The molecule has 0 amide bonds. The van der Waals surface area contributed by atoms with E-state index in [1.54, 1.807) is 0 Å². The molecule has 0 aromatic heterocycles. The Balaban J connectivity index is 3.13. The van der Waals surface area contributed by atoms with Gasteiger partial charge in [0.25, 0.3) is 0 Å². The van der Waals surface area contributed by atoms with Crippen molar-refractivity contribution in [2.45, 2.75) is 45.4 Å². The summed E-state index contributed by atoms with van der Waals surface area (Å²) in [6, 6.07) is 10.1. The minimum atomic E-state index is -0.333. The molecule has 0 aliphatic carbocycles. The molecule has 1 aromatic rings. The number of hydrogen-bond acceptors (Lipinski definition) is 1. The second-order valence-electron chi connectivity index (χ2n) is 4.71. The predicted octanol–water partition coefficient (Wildman–Crippen LogP) is 4.28. The Morgan fingerprint density at radius 3 is 2.12 bits per heavy atom. The molecule has 0 heterocycles. The van der Waals surface area contributed by atoms with Crippen molar-refractivity contribution in [3.05, 3.63) is 48.0 Å². The van der Waals surface area contributed by atoms with E-state index in [-0.39, 0.29) is 5.41 Å². The minimum absolute atomic E-state index is 0.293. The SMILES string of the molecule is C=C(C)CC(=O)C(CC)(CC)c1ccccc1. The number of carbonyl (C=O) groups is 1. The third-order valence-corrected chi connectivity index (χ3v) is 3.53. The second kappa shape index (κ2) is 5.81. The summed E-state index contributed by atoms with van der Waals surface area (Å²) in [5.41, 5.74) is 1.74. The van der Waals surface area contributed by atoms with Crippen LogP contribution in [0.3, 0.4) is 0 Å². The van der Waals surface area contributed by atoms with E-state index in [4.69, 9.17) is 0 Å². The van der Waals surface area contributed by atoms with Gasteiger partial charge < -0.3 is 0 Å². The Morgan fingerprint density at radius 2 is 1.71 bits per heavy atom. The summed E-state index contributed by atoms with van der Waals surface area (Å²) in [7, 11) is 0. The summed E-state index contributed by atoms with van der Waals surface area (Å²) < 4.78 is 0. The van der Waals surface area contributed by atoms with Gasteiger partial charge in [-0.2, -0.15) is 0 Å². The molecule has 1 aromatic carbocycles. The van der Waals surface area contributed by atoms with Crippen LogP contribution >= 0.6 is 0 Å². The van der Waals surface area contributed by atoms with Gasteiger partial charge in [-0.3, -0.25) is 4.79 Å². The molecule has 0 atom stereocenters. The van der Waals surface area contributed by atoms with Crippen molar-refractivity contribution >= 4 is 5.78 Å². The Hall–Kier alpha value is -1.37. The van der Waals surface area contributed by atoms with Gasteiger partial charge in [-0.25, -0.2) is 0 Å². The molecule has 0 aliphatic rings. The molecule has 0 aliphatic heterocycles. The lowest BCUT2D eigenvalue weighted by molar-refractivity contribution is -0.124. The smallest absolute Gasteiger partial charge is 0.147 e. The summed E-state index contributed by atoms with van der Waals surface area (Å²) in [6.45, 7) is 9.95. The van der Waals surface area contributed by atoms with Crippen LogP contribution in [0.25, 0.3) is 0 Å². The summed E-state index contributed by atoms with van der Waals surface area (Å²) >= 11 is 0. The average Bonchev–Trinajstić information content (AvgIpc) is 2.32. The van der Waals surface area contributed by atoms with Crippen LogP contribution in [0.5, 0.6) is 0 Å². The Bertz CT molecular complexity index is 385. The zero-order chi connectivity index (χ0) is 12.9. The van der Waals surface area contributed by atoms with Crippen LogP contribution < -0.4 is 0 Å². The highest BCUT2D eigenvalue weighted by molar-refractivity contribution is 5.91. The fourth-order valence-corrected chi connectivity index (χ4v) is 2.41. The van der Waals surface area contributed by atoms with Crippen LogP contribution in [0.4, 0.5) is 0 Å². The molecule has 1 rings (SSSR count). The third-order valence-electron chi connectivity index (χ3n) is 3.53. The van der Waals surface area contributed by atoms with Crippen molar-refractivity contribution in [1.82, 2.24) is 0 Å². The van der Waals surface area contributed by atoms with Crippen molar-refractivity contribution in [2.75, 3.05) is 0 Å². The van der Waals surface area contributed by atoms with Crippen LogP contribution in [0.2, 0.25) is 0 Å². The van der Waals surface area contributed by atoms with Gasteiger partial charge >= 0.3 is 0 Å². The quantitative estimate of drug-likeness (QED) is 0.667. The summed E-state index contributed by atoms with van der Waals surface area (Å²) in [6.07, 6.45) is 2.18. The van der Waals surface area contributed by atoms with Gasteiger partial charge in [-0.05, 0) is 25.3 Å². The first-order valence-electron chi connectivity index (χ1n) is 6.30. The molecule has 92 valence electrons. The van der Waals surface area contributed by atoms with E-state index in [0.717, 1.165) is 24.0 Å². The molecule has 0 bridgehead atoms. The minimum Gasteiger partial charge on any atom is -0.298 e. The zero-order valence-electron chi connectivity index (χ0n) is 11.1. The molecule has 0 saturated heterocycles. The molecular weight excluding hydrogens is 208 g/mol. The fraction of sp³-hybridized carbons (Fsp3) is 0.438. The van der Waals surface area contributed by atoms with Crippen molar-refractivity contribution in [3.63, 3.8) is 0 Å². The van der Waals surface area contributed by atoms with E-state index in [9.17, 15) is 4.79 Å². The highest BCUT2D eigenvalue weighted by Gasteiger charge is 2.35. The van der Waals surface area contributed by atoms with Gasteiger partial charge in [-0.15, -0.1) is 0 Å². The molecule has 0 unspecified atom stereocenters. The number of allylic oxidation sites excluding steroid dienone is 1. The van der Waals surface area contributed by atoms with E-state index in [0.29, 0.717) is 12.2 Å². The van der Waals surface area contributed by atoms with E-state index >= 15 is 0 Å². The largest absolute Gasteiger partial charge is 0.298 e. The van der Waals surface area contributed by atoms with Crippen LogP contribution in [0, 0.1) is 0 Å². The van der Waals surface area contributed by atoms with Crippen molar-refractivity contribution in [2.24, 2.45) is 0 Å². The summed E-state index contributed by atoms with van der Waals surface area (Å²) in [5, 5.41) is 0. The van der Waals surface area contributed by atoms with Gasteiger partial charge in [0.1, 0.15) is 5.78 Å². The van der Waals surface area contributed by atoms with Crippen molar-refractivity contribution < 1.29 is 4.79 Å². The Kier molecular flexibility index (Phi) is 4.68. The van der Waals surface area contributed by atoms with Gasteiger partial charge in [0.2, 0.25) is 0 Å². The van der Waals surface area contributed by atoms with Crippen LogP contribution in [0.15, 0.2) is 42.5 Å². The first kappa shape index (κ1) is 13.7. The molecule has 17 heavy (non-hydrogen) atoms. The lowest BCUT2D eigenvalue weighted by Crippen LogP contribution is -2.34. The number of ketones is 1. The second-order valence-corrected chi connectivity index (χ2v) is 4.71. The number of Topliss-reactive ketones (excluding diaryl/α,β-unsaturated/α-hetero) is 1. The molecule has 0 spiro atoms. The van der Waals surface area contributed by atoms with E-state index in [1.165, 1.54) is 0 Å². The molecule has 1 heteroatoms. The van der Waals surface area contributed by atoms with E-state index in [1.807, 2.05) is 25.1 Å². The Labute approximate surface area is 105 Å². The summed E-state index contributed by atoms with van der Waals surface area (Å²) in [5.74, 6) is 0.293. The van der Waals surface area contributed by atoms with Crippen LogP contribution in [-0.4, -0.2) is 5.78 Å². The van der Waals surface area contributed by atoms with E-state index in [2.05, 4.69) is 32.6 Å². The maximum absolute atomic E-state index is 12.5.